The highest BCUT2D eigenvalue weighted by Gasteiger charge is 2.28. The summed E-state index contributed by atoms with van der Waals surface area (Å²) < 4.78 is 5.00. The van der Waals surface area contributed by atoms with Gasteiger partial charge in [0.25, 0.3) is 0 Å². The molecular weight excluding hydrogens is 374 g/mol. The maximum absolute atomic E-state index is 12.4. The van der Waals surface area contributed by atoms with Gasteiger partial charge in [0.05, 0.1) is 11.3 Å². The maximum atomic E-state index is 12.4. The number of carbonyl (C=O) groups excluding carboxylic acids is 2. The second kappa shape index (κ2) is 7.60. The number of nitriles is 1. The van der Waals surface area contributed by atoms with Crippen LogP contribution in [0.25, 0.3) is 0 Å². The standard InChI is InChI=1S/C18H12ClN3O3S/c1-22-13-4-2-3-5-15(13)26-17(22)12(8-20)14(23)10-25-18(24)11-6-7-16(19)21-9-11/h2-7,9H,10H2,1H3/b17-12-. The van der Waals surface area contributed by atoms with Gasteiger partial charge in [0.15, 0.2) is 6.61 Å². The molecule has 1 aliphatic rings. The summed E-state index contributed by atoms with van der Waals surface area (Å²) in [5.74, 6) is -1.27. The summed E-state index contributed by atoms with van der Waals surface area (Å²) in [5, 5.41) is 10.2. The fraction of sp³-hybridized carbons (Fsp3) is 0.111. The van der Waals surface area contributed by atoms with Gasteiger partial charge >= 0.3 is 5.97 Å². The lowest BCUT2D eigenvalue weighted by Gasteiger charge is -2.14. The molecule has 0 bridgehead atoms. The van der Waals surface area contributed by atoms with E-state index in [1.165, 1.54) is 30.1 Å². The molecule has 26 heavy (non-hydrogen) atoms. The van der Waals surface area contributed by atoms with Gasteiger partial charge in [-0.3, -0.25) is 4.79 Å². The van der Waals surface area contributed by atoms with E-state index in [4.69, 9.17) is 16.3 Å². The Balaban J connectivity index is 1.73. The van der Waals surface area contributed by atoms with E-state index in [-0.39, 0.29) is 16.3 Å². The first-order valence-electron chi connectivity index (χ1n) is 7.48. The minimum atomic E-state index is -0.708. The van der Waals surface area contributed by atoms with Crippen molar-refractivity contribution in [3.63, 3.8) is 0 Å². The minimum Gasteiger partial charge on any atom is -0.454 e. The van der Waals surface area contributed by atoms with Crippen molar-refractivity contribution in [3.05, 3.63) is 63.9 Å². The fourth-order valence-corrected chi connectivity index (χ4v) is 3.61. The van der Waals surface area contributed by atoms with Crippen molar-refractivity contribution < 1.29 is 14.3 Å². The third-order valence-electron chi connectivity index (χ3n) is 3.64. The number of ether oxygens (including phenoxy) is 1. The van der Waals surface area contributed by atoms with Crippen LogP contribution in [0.1, 0.15) is 10.4 Å². The number of nitrogens with zero attached hydrogens (tertiary/aromatic N) is 3. The minimum absolute atomic E-state index is 0.0456. The van der Waals surface area contributed by atoms with Gasteiger partial charge in [0, 0.05) is 18.1 Å². The predicted octanol–water partition coefficient (Wildman–Crippen LogP) is 3.44. The summed E-state index contributed by atoms with van der Waals surface area (Å²) in [7, 11) is 1.78. The molecule has 1 aliphatic heterocycles. The van der Waals surface area contributed by atoms with Crippen molar-refractivity contribution in [2.45, 2.75) is 4.90 Å². The molecule has 1 aromatic heterocycles. The van der Waals surface area contributed by atoms with Gasteiger partial charge in [0.1, 0.15) is 21.8 Å². The van der Waals surface area contributed by atoms with Crippen LogP contribution in [0, 0.1) is 11.3 Å². The summed E-state index contributed by atoms with van der Waals surface area (Å²) in [6, 6.07) is 12.4. The van der Waals surface area contributed by atoms with Crippen LogP contribution in [0.4, 0.5) is 5.69 Å². The lowest BCUT2D eigenvalue weighted by molar-refractivity contribution is -0.118. The molecule has 2 aromatic rings. The number of hydrogen-bond donors (Lipinski definition) is 0. The van der Waals surface area contributed by atoms with Crippen LogP contribution >= 0.6 is 23.4 Å². The van der Waals surface area contributed by atoms with Crippen LogP contribution in [-0.4, -0.2) is 30.4 Å². The third kappa shape index (κ3) is 3.57. The third-order valence-corrected chi connectivity index (χ3v) is 5.10. The molecule has 0 atom stereocenters. The molecule has 6 nitrogen and oxygen atoms in total. The molecule has 0 saturated heterocycles. The number of halogens is 1. The number of esters is 1. The first-order chi connectivity index (χ1) is 12.5. The first kappa shape index (κ1) is 18.0. The summed E-state index contributed by atoms with van der Waals surface area (Å²) in [4.78, 5) is 30.9. The molecule has 2 heterocycles. The molecular formula is C18H12ClN3O3S. The van der Waals surface area contributed by atoms with E-state index in [2.05, 4.69) is 4.98 Å². The molecule has 1 aromatic carbocycles. The topological polar surface area (TPSA) is 83.3 Å². The van der Waals surface area contributed by atoms with Crippen LogP contribution < -0.4 is 4.90 Å². The molecule has 0 amide bonds. The molecule has 0 saturated carbocycles. The zero-order valence-electron chi connectivity index (χ0n) is 13.6. The molecule has 0 unspecified atom stereocenters. The Labute approximate surface area is 159 Å². The molecule has 0 spiro atoms. The second-order valence-corrected chi connectivity index (χ2v) is 6.71. The maximum Gasteiger partial charge on any atom is 0.340 e. The number of Topliss-reactive ketones (excluding diaryl/α,β-unsaturated/α-hetero) is 1. The number of para-hydroxylation sites is 1. The van der Waals surface area contributed by atoms with E-state index in [9.17, 15) is 14.9 Å². The van der Waals surface area contributed by atoms with Crippen LogP contribution in [0.3, 0.4) is 0 Å². The van der Waals surface area contributed by atoms with Crippen LogP contribution in [0.5, 0.6) is 0 Å². The lowest BCUT2D eigenvalue weighted by atomic mass is 10.2. The molecule has 3 rings (SSSR count). The average Bonchev–Trinajstić information content (AvgIpc) is 2.98. The average molecular weight is 386 g/mol. The highest BCUT2D eigenvalue weighted by atomic mass is 35.5. The molecule has 0 fully saturated rings. The summed E-state index contributed by atoms with van der Waals surface area (Å²) in [6.45, 7) is -0.529. The number of carbonyl (C=O) groups is 2. The number of aromatic nitrogens is 1. The van der Waals surface area contributed by atoms with Crippen LogP contribution in [0.15, 0.2) is 58.1 Å². The van der Waals surface area contributed by atoms with Gasteiger partial charge in [-0.25, -0.2) is 9.78 Å². The Hall–Kier alpha value is -2.82. The highest BCUT2D eigenvalue weighted by molar-refractivity contribution is 8.03. The molecule has 0 N–H and O–H groups in total. The number of anilines is 1. The van der Waals surface area contributed by atoms with Crippen molar-refractivity contribution in [2.24, 2.45) is 0 Å². The monoisotopic (exact) mass is 385 g/mol. The Morgan fingerprint density at radius 1 is 1.31 bits per heavy atom. The van der Waals surface area contributed by atoms with Gasteiger partial charge < -0.3 is 9.64 Å². The normalized spacial score (nSPS) is 14.4. The molecule has 130 valence electrons. The van der Waals surface area contributed by atoms with Gasteiger partial charge in [0.2, 0.25) is 5.78 Å². The zero-order valence-corrected chi connectivity index (χ0v) is 15.2. The Kier molecular flexibility index (Phi) is 5.26. The number of ketones is 1. The largest absolute Gasteiger partial charge is 0.454 e. The Morgan fingerprint density at radius 2 is 2.08 bits per heavy atom. The highest BCUT2D eigenvalue weighted by Crippen LogP contribution is 2.46. The number of rotatable bonds is 4. The van der Waals surface area contributed by atoms with Crippen molar-refractivity contribution in [1.29, 1.82) is 5.26 Å². The molecule has 0 radical (unpaired) electrons. The van der Waals surface area contributed by atoms with E-state index in [0.717, 1.165) is 10.6 Å². The summed E-state index contributed by atoms with van der Waals surface area (Å²) >= 11 is 7.00. The number of benzene rings is 1. The van der Waals surface area contributed by atoms with Gasteiger partial charge in [-0.1, -0.05) is 35.5 Å². The zero-order chi connectivity index (χ0) is 18.7. The number of hydrogen-bond acceptors (Lipinski definition) is 7. The fourth-order valence-electron chi connectivity index (χ4n) is 2.33. The van der Waals surface area contributed by atoms with Crippen molar-refractivity contribution in [1.82, 2.24) is 4.98 Å². The van der Waals surface area contributed by atoms with Crippen molar-refractivity contribution in [3.8, 4) is 6.07 Å². The van der Waals surface area contributed by atoms with Crippen molar-refractivity contribution in [2.75, 3.05) is 18.6 Å². The van der Waals surface area contributed by atoms with E-state index in [1.54, 1.807) is 11.9 Å². The summed E-state index contributed by atoms with van der Waals surface area (Å²) in [5.41, 5.74) is 1.04. The van der Waals surface area contributed by atoms with Crippen molar-refractivity contribution >= 4 is 40.8 Å². The van der Waals surface area contributed by atoms with E-state index >= 15 is 0 Å². The molecule has 0 aliphatic carbocycles. The van der Waals surface area contributed by atoms with E-state index < -0.39 is 18.4 Å². The SMILES string of the molecule is CN1/C(=C(\C#N)C(=O)COC(=O)c2ccc(Cl)nc2)Sc2ccccc21. The van der Waals surface area contributed by atoms with Gasteiger partial charge in [-0.2, -0.15) is 5.26 Å². The second-order valence-electron chi connectivity index (χ2n) is 5.29. The first-order valence-corrected chi connectivity index (χ1v) is 8.67. The van der Waals surface area contributed by atoms with Crippen LogP contribution in [-0.2, 0) is 9.53 Å². The van der Waals surface area contributed by atoms with Gasteiger partial charge in [-0.05, 0) is 24.3 Å². The number of thioether (sulfide) groups is 1. The number of pyridine rings is 1. The summed E-state index contributed by atoms with van der Waals surface area (Å²) in [6.07, 6.45) is 1.26. The van der Waals surface area contributed by atoms with E-state index in [0.29, 0.717) is 5.03 Å². The quantitative estimate of drug-likeness (QED) is 0.345. The number of fused-ring (bicyclic) bond motifs is 1. The smallest absolute Gasteiger partial charge is 0.340 e. The Morgan fingerprint density at radius 3 is 2.73 bits per heavy atom. The Bertz CT molecular complexity index is 951. The lowest BCUT2D eigenvalue weighted by Crippen LogP contribution is -2.20. The molecule has 8 heteroatoms. The predicted molar refractivity (Wildman–Crippen MR) is 97.9 cm³/mol. The van der Waals surface area contributed by atoms with E-state index in [1.807, 2.05) is 30.3 Å². The van der Waals surface area contributed by atoms with Gasteiger partial charge in [-0.15, -0.1) is 0 Å². The van der Waals surface area contributed by atoms with Crippen LogP contribution in [0.2, 0.25) is 5.15 Å².